The minimum absolute atomic E-state index is 0.00544. The first-order valence-electron chi connectivity index (χ1n) is 11.0. The summed E-state index contributed by atoms with van der Waals surface area (Å²) in [6.45, 7) is 6.05. The van der Waals surface area contributed by atoms with Crippen LogP contribution in [0.2, 0.25) is 0 Å². The predicted molar refractivity (Wildman–Crippen MR) is 104 cm³/mol. The van der Waals surface area contributed by atoms with Gasteiger partial charge < -0.3 is 15.8 Å². The summed E-state index contributed by atoms with van der Waals surface area (Å²) in [5.74, 6) is 1.78. The van der Waals surface area contributed by atoms with E-state index in [0.717, 1.165) is 38.5 Å². The maximum absolute atomic E-state index is 13.1. The zero-order chi connectivity index (χ0) is 19.4. The zero-order valence-corrected chi connectivity index (χ0v) is 17.1. The van der Waals surface area contributed by atoms with E-state index in [1.54, 1.807) is 0 Å². The van der Waals surface area contributed by atoms with Gasteiger partial charge >= 0.3 is 0 Å². The maximum atomic E-state index is 13.1. The molecule has 0 aromatic heterocycles. The van der Waals surface area contributed by atoms with Gasteiger partial charge in [0.05, 0.1) is 6.10 Å². The van der Waals surface area contributed by atoms with Crippen LogP contribution in [-0.2, 0) is 14.3 Å². The fourth-order valence-electron chi connectivity index (χ4n) is 6.78. The van der Waals surface area contributed by atoms with Crippen LogP contribution in [0.4, 0.5) is 0 Å². The Morgan fingerprint density at radius 2 is 1.70 bits per heavy atom. The summed E-state index contributed by atoms with van der Waals surface area (Å²) in [5.41, 5.74) is 4.66. The fourth-order valence-corrected chi connectivity index (χ4v) is 6.78. The number of carbonyl (C=O) groups excluding carboxylic acids is 2. The van der Waals surface area contributed by atoms with Gasteiger partial charge in [-0.1, -0.05) is 19.8 Å². The highest BCUT2D eigenvalue weighted by atomic mass is 16.5. The van der Waals surface area contributed by atoms with Gasteiger partial charge in [0.1, 0.15) is 5.60 Å². The van der Waals surface area contributed by atoms with Gasteiger partial charge in [0.25, 0.3) is 5.91 Å². The Morgan fingerprint density at radius 3 is 2.30 bits per heavy atom. The van der Waals surface area contributed by atoms with Crippen molar-refractivity contribution in [3.8, 4) is 0 Å². The van der Waals surface area contributed by atoms with Crippen molar-refractivity contribution in [2.75, 3.05) is 0 Å². The largest absolute Gasteiger partial charge is 0.369 e. The van der Waals surface area contributed by atoms with Crippen LogP contribution in [0, 0.1) is 29.1 Å². The quantitative estimate of drug-likeness (QED) is 0.773. The molecule has 0 spiro atoms. The topological polar surface area (TPSA) is 81.4 Å². The van der Waals surface area contributed by atoms with E-state index in [1.165, 1.54) is 19.3 Å². The molecule has 3 N–H and O–H groups in total. The van der Waals surface area contributed by atoms with Gasteiger partial charge in [-0.05, 0) is 82.5 Å². The Kier molecular flexibility index (Phi) is 4.81. The Hall–Kier alpha value is -1.10. The molecule has 0 aromatic carbocycles. The fraction of sp³-hybridized carbons (Fsp3) is 0.909. The van der Waals surface area contributed by atoms with Gasteiger partial charge in [0.15, 0.2) is 0 Å². The average Bonchev–Trinajstić information content (AvgIpc) is 2.59. The van der Waals surface area contributed by atoms with Crippen molar-refractivity contribution in [2.45, 2.75) is 96.3 Å². The number of nitrogens with two attached hydrogens (primary N) is 1. The lowest BCUT2D eigenvalue weighted by Gasteiger charge is -2.59. The van der Waals surface area contributed by atoms with E-state index >= 15 is 0 Å². The summed E-state index contributed by atoms with van der Waals surface area (Å²) in [7, 11) is 0. The Labute approximate surface area is 163 Å². The van der Waals surface area contributed by atoms with Gasteiger partial charge in [-0.3, -0.25) is 9.59 Å². The molecule has 5 aliphatic carbocycles. The SMILES string of the molecule is CC1CCCCC1OC(C)(C)C(=O)NC1C2CC3CC1CC(C(N)=O)(C3)C2. The van der Waals surface area contributed by atoms with E-state index in [2.05, 4.69) is 12.2 Å². The molecule has 2 amide bonds. The molecule has 4 atom stereocenters. The van der Waals surface area contributed by atoms with Crippen LogP contribution in [0.3, 0.4) is 0 Å². The molecule has 152 valence electrons. The number of amides is 2. The van der Waals surface area contributed by atoms with Crippen molar-refractivity contribution >= 4 is 11.8 Å². The first kappa shape index (κ1) is 19.2. The summed E-state index contributed by atoms with van der Waals surface area (Å²) >= 11 is 0. The summed E-state index contributed by atoms with van der Waals surface area (Å²) in [6, 6.07) is 0.174. The minimum atomic E-state index is -0.813. The zero-order valence-electron chi connectivity index (χ0n) is 17.1. The lowest BCUT2D eigenvalue weighted by molar-refractivity contribution is -0.162. The Balaban J connectivity index is 1.42. The van der Waals surface area contributed by atoms with Gasteiger partial charge in [-0.2, -0.15) is 0 Å². The molecule has 4 unspecified atom stereocenters. The van der Waals surface area contributed by atoms with Crippen molar-refractivity contribution in [1.29, 1.82) is 0 Å². The second-order valence-electron chi connectivity index (χ2n) is 10.5. The number of hydrogen-bond acceptors (Lipinski definition) is 3. The summed E-state index contributed by atoms with van der Waals surface area (Å²) in [5, 5.41) is 3.35. The molecule has 4 bridgehead atoms. The van der Waals surface area contributed by atoms with E-state index in [0.29, 0.717) is 23.7 Å². The number of rotatable bonds is 5. The molecule has 0 heterocycles. The molecule has 5 saturated carbocycles. The van der Waals surface area contributed by atoms with Crippen molar-refractivity contribution in [3.63, 3.8) is 0 Å². The highest BCUT2D eigenvalue weighted by Gasteiger charge is 2.58. The molecule has 0 saturated heterocycles. The number of nitrogens with one attached hydrogen (secondary N) is 1. The molecule has 5 aliphatic rings. The van der Waals surface area contributed by atoms with Gasteiger partial charge in [-0.25, -0.2) is 0 Å². The predicted octanol–water partition coefficient (Wildman–Crippen LogP) is 3.16. The van der Waals surface area contributed by atoms with E-state index in [9.17, 15) is 9.59 Å². The van der Waals surface area contributed by atoms with Crippen LogP contribution in [0.15, 0.2) is 0 Å². The number of hydrogen-bond donors (Lipinski definition) is 2. The Morgan fingerprint density at radius 1 is 1.07 bits per heavy atom. The summed E-state index contributed by atoms with van der Waals surface area (Å²) in [4.78, 5) is 25.2. The second kappa shape index (κ2) is 6.75. The third-order valence-corrected chi connectivity index (χ3v) is 8.12. The number of carbonyl (C=O) groups is 2. The van der Waals surface area contributed by atoms with Crippen LogP contribution >= 0.6 is 0 Å². The average molecular weight is 377 g/mol. The minimum Gasteiger partial charge on any atom is -0.369 e. The van der Waals surface area contributed by atoms with Crippen LogP contribution in [-0.4, -0.2) is 29.6 Å². The van der Waals surface area contributed by atoms with Gasteiger partial charge in [-0.15, -0.1) is 0 Å². The van der Waals surface area contributed by atoms with Crippen molar-refractivity contribution in [3.05, 3.63) is 0 Å². The summed E-state index contributed by atoms with van der Waals surface area (Å²) in [6.07, 6.45) is 9.77. The molecule has 0 aromatic rings. The third-order valence-electron chi connectivity index (χ3n) is 8.12. The van der Waals surface area contributed by atoms with E-state index in [1.807, 2.05) is 13.8 Å². The van der Waals surface area contributed by atoms with Crippen molar-refractivity contribution in [1.82, 2.24) is 5.32 Å². The van der Waals surface area contributed by atoms with Crippen LogP contribution in [0.1, 0.15) is 78.6 Å². The molecule has 5 rings (SSSR count). The highest BCUT2D eigenvalue weighted by Crippen LogP contribution is 2.60. The third kappa shape index (κ3) is 3.41. The Bertz CT molecular complexity index is 601. The molecule has 27 heavy (non-hydrogen) atoms. The van der Waals surface area contributed by atoms with Crippen LogP contribution in [0.25, 0.3) is 0 Å². The molecule has 5 heteroatoms. The van der Waals surface area contributed by atoms with E-state index in [4.69, 9.17) is 10.5 Å². The maximum Gasteiger partial charge on any atom is 0.251 e. The highest BCUT2D eigenvalue weighted by molar-refractivity contribution is 5.85. The van der Waals surface area contributed by atoms with Crippen LogP contribution < -0.4 is 11.1 Å². The smallest absolute Gasteiger partial charge is 0.251 e. The molecular formula is C22H36N2O3. The molecule has 5 fully saturated rings. The monoisotopic (exact) mass is 376 g/mol. The normalized spacial score (nSPS) is 43.5. The lowest BCUT2D eigenvalue weighted by atomic mass is 9.47. The molecule has 0 radical (unpaired) electrons. The summed E-state index contributed by atoms with van der Waals surface area (Å²) < 4.78 is 6.32. The lowest BCUT2D eigenvalue weighted by Crippen LogP contribution is -2.63. The van der Waals surface area contributed by atoms with Gasteiger partial charge in [0.2, 0.25) is 5.91 Å². The second-order valence-corrected chi connectivity index (χ2v) is 10.5. The van der Waals surface area contributed by atoms with Crippen molar-refractivity contribution in [2.24, 2.45) is 34.8 Å². The van der Waals surface area contributed by atoms with E-state index in [-0.39, 0.29) is 29.4 Å². The van der Waals surface area contributed by atoms with Crippen molar-refractivity contribution < 1.29 is 14.3 Å². The number of ether oxygens (including phenoxy) is 1. The van der Waals surface area contributed by atoms with Crippen LogP contribution in [0.5, 0.6) is 0 Å². The molecule has 5 nitrogen and oxygen atoms in total. The molecule has 0 aliphatic heterocycles. The molecular weight excluding hydrogens is 340 g/mol. The van der Waals surface area contributed by atoms with E-state index < -0.39 is 5.60 Å². The number of primary amides is 1. The first-order valence-corrected chi connectivity index (χ1v) is 11.0. The van der Waals surface area contributed by atoms with Gasteiger partial charge in [0, 0.05) is 11.5 Å². The standard InChI is InChI=1S/C22H36N2O3/c1-13-6-4-5-7-17(13)27-21(2,3)20(26)24-18-15-8-14-9-16(18)12-22(10-14,11-15)19(23)25/h13-18H,4-12H2,1-3H3,(H2,23,25)(H,24,26). The first-order chi connectivity index (χ1) is 12.7.